The van der Waals surface area contributed by atoms with Crippen LogP contribution in [0.15, 0.2) is 42.5 Å². The van der Waals surface area contributed by atoms with Gasteiger partial charge in [-0.2, -0.15) is 0 Å². The first-order valence-corrected chi connectivity index (χ1v) is 10.8. The lowest BCUT2D eigenvalue weighted by Gasteiger charge is -2.22. The molecule has 2 aromatic rings. The van der Waals surface area contributed by atoms with Crippen molar-refractivity contribution in [2.75, 3.05) is 41.8 Å². The van der Waals surface area contributed by atoms with Gasteiger partial charge in [0.1, 0.15) is 0 Å². The average Bonchev–Trinajstić information content (AvgIpc) is 3.31. The maximum absolute atomic E-state index is 13.0. The summed E-state index contributed by atoms with van der Waals surface area (Å²) in [6.07, 6.45) is 4.08. The van der Waals surface area contributed by atoms with Crippen LogP contribution in [-0.4, -0.2) is 38.1 Å². The van der Waals surface area contributed by atoms with E-state index in [1.807, 2.05) is 37.3 Å². The van der Waals surface area contributed by atoms with E-state index in [9.17, 15) is 9.59 Å². The van der Waals surface area contributed by atoms with Crippen LogP contribution in [0.1, 0.15) is 41.6 Å². The standard InChI is InChI=1S/C24H29N3O3/c1-17-10-11-18(15-21(17)26-24(29)19-7-6-14-30-16-19)23(28)25-20-8-2-3-9-22(20)27-12-4-5-13-27/h2-3,8-11,15,19H,4-7,12-14,16H2,1H3,(H,25,28)(H,26,29). The highest BCUT2D eigenvalue weighted by atomic mass is 16.5. The van der Waals surface area contributed by atoms with E-state index in [0.29, 0.717) is 17.9 Å². The van der Waals surface area contributed by atoms with Crippen LogP contribution in [-0.2, 0) is 9.53 Å². The Balaban J connectivity index is 1.48. The Bertz CT molecular complexity index is 916. The number of anilines is 3. The fourth-order valence-corrected chi connectivity index (χ4v) is 4.09. The molecule has 1 atom stereocenters. The van der Waals surface area contributed by atoms with Gasteiger partial charge in [0.05, 0.1) is 23.9 Å². The predicted molar refractivity (Wildman–Crippen MR) is 119 cm³/mol. The molecule has 2 heterocycles. The SMILES string of the molecule is Cc1ccc(C(=O)Nc2ccccc2N2CCCC2)cc1NC(=O)C1CCCOC1. The van der Waals surface area contributed by atoms with Gasteiger partial charge in [-0.3, -0.25) is 9.59 Å². The minimum absolute atomic E-state index is 0.0465. The Morgan fingerprint density at radius 3 is 2.57 bits per heavy atom. The fraction of sp³-hybridized carbons (Fsp3) is 0.417. The molecule has 0 saturated carbocycles. The van der Waals surface area contributed by atoms with E-state index in [0.717, 1.165) is 49.5 Å². The Morgan fingerprint density at radius 2 is 1.80 bits per heavy atom. The monoisotopic (exact) mass is 407 g/mol. The molecule has 0 spiro atoms. The van der Waals surface area contributed by atoms with Crippen LogP contribution in [0, 0.1) is 12.8 Å². The molecular weight excluding hydrogens is 378 g/mol. The quantitative estimate of drug-likeness (QED) is 0.779. The molecule has 6 nitrogen and oxygen atoms in total. The largest absolute Gasteiger partial charge is 0.381 e. The van der Waals surface area contributed by atoms with Gasteiger partial charge in [-0.15, -0.1) is 0 Å². The second-order valence-electron chi connectivity index (χ2n) is 8.10. The minimum atomic E-state index is -0.182. The summed E-state index contributed by atoms with van der Waals surface area (Å²) >= 11 is 0. The minimum Gasteiger partial charge on any atom is -0.381 e. The zero-order valence-corrected chi connectivity index (χ0v) is 17.4. The summed E-state index contributed by atoms with van der Waals surface area (Å²) < 4.78 is 5.42. The molecule has 158 valence electrons. The van der Waals surface area contributed by atoms with Crippen molar-refractivity contribution in [1.29, 1.82) is 0 Å². The van der Waals surface area contributed by atoms with Crippen molar-refractivity contribution < 1.29 is 14.3 Å². The number of nitrogens with one attached hydrogen (secondary N) is 2. The lowest BCUT2D eigenvalue weighted by Crippen LogP contribution is -2.30. The van der Waals surface area contributed by atoms with Crippen LogP contribution in [0.25, 0.3) is 0 Å². The Labute approximate surface area is 177 Å². The number of para-hydroxylation sites is 2. The van der Waals surface area contributed by atoms with E-state index in [1.165, 1.54) is 12.8 Å². The molecule has 1 unspecified atom stereocenters. The van der Waals surface area contributed by atoms with Crippen LogP contribution in [0.3, 0.4) is 0 Å². The first-order valence-electron chi connectivity index (χ1n) is 10.8. The molecule has 2 aliphatic rings. The highest BCUT2D eigenvalue weighted by molar-refractivity contribution is 6.07. The normalized spacial score (nSPS) is 18.8. The molecule has 2 aliphatic heterocycles. The van der Waals surface area contributed by atoms with E-state index in [1.54, 1.807) is 12.1 Å². The Hall–Kier alpha value is -2.86. The molecule has 0 aliphatic carbocycles. The van der Waals surface area contributed by atoms with Gasteiger partial charge in [-0.05, 0) is 62.4 Å². The molecule has 2 amide bonds. The van der Waals surface area contributed by atoms with Crippen LogP contribution in [0.2, 0.25) is 0 Å². The predicted octanol–water partition coefficient (Wildman–Crippen LogP) is 4.21. The van der Waals surface area contributed by atoms with Gasteiger partial charge in [-0.25, -0.2) is 0 Å². The van der Waals surface area contributed by atoms with Gasteiger partial charge in [0, 0.05) is 30.9 Å². The van der Waals surface area contributed by atoms with Crippen molar-refractivity contribution in [1.82, 2.24) is 0 Å². The molecule has 0 radical (unpaired) electrons. The second-order valence-corrected chi connectivity index (χ2v) is 8.10. The number of aryl methyl sites for hydroxylation is 1. The summed E-state index contributed by atoms with van der Waals surface area (Å²) in [6, 6.07) is 13.3. The van der Waals surface area contributed by atoms with Crippen LogP contribution in [0.4, 0.5) is 17.1 Å². The first kappa shape index (κ1) is 20.4. The Kier molecular flexibility index (Phi) is 6.33. The van der Waals surface area contributed by atoms with Crippen molar-refractivity contribution in [3.8, 4) is 0 Å². The van der Waals surface area contributed by atoms with E-state index >= 15 is 0 Å². The molecule has 30 heavy (non-hydrogen) atoms. The van der Waals surface area contributed by atoms with Crippen LogP contribution in [0.5, 0.6) is 0 Å². The molecule has 4 rings (SSSR count). The molecule has 0 aromatic heterocycles. The number of carbonyl (C=O) groups excluding carboxylic acids is 2. The van der Waals surface area contributed by atoms with Crippen molar-refractivity contribution in [2.45, 2.75) is 32.6 Å². The van der Waals surface area contributed by atoms with Crippen molar-refractivity contribution in [2.24, 2.45) is 5.92 Å². The molecule has 2 aromatic carbocycles. The maximum Gasteiger partial charge on any atom is 0.255 e. The Morgan fingerprint density at radius 1 is 1.00 bits per heavy atom. The number of hydrogen-bond acceptors (Lipinski definition) is 4. The smallest absolute Gasteiger partial charge is 0.255 e. The first-order chi connectivity index (χ1) is 14.6. The van der Waals surface area contributed by atoms with Gasteiger partial charge in [-0.1, -0.05) is 18.2 Å². The van der Waals surface area contributed by atoms with Gasteiger partial charge in [0.2, 0.25) is 5.91 Å². The zero-order valence-electron chi connectivity index (χ0n) is 17.4. The van der Waals surface area contributed by atoms with Crippen molar-refractivity contribution >= 4 is 28.9 Å². The van der Waals surface area contributed by atoms with Gasteiger partial charge in [0.25, 0.3) is 5.91 Å². The number of carbonyl (C=O) groups is 2. The second kappa shape index (κ2) is 9.30. The number of benzene rings is 2. The third kappa shape index (κ3) is 4.65. The lowest BCUT2D eigenvalue weighted by atomic mass is 10.0. The van der Waals surface area contributed by atoms with Crippen molar-refractivity contribution in [3.63, 3.8) is 0 Å². The summed E-state index contributed by atoms with van der Waals surface area (Å²) in [5, 5.41) is 6.04. The summed E-state index contributed by atoms with van der Waals surface area (Å²) in [6.45, 7) is 5.13. The highest BCUT2D eigenvalue weighted by Crippen LogP contribution is 2.29. The summed E-state index contributed by atoms with van der Waals surface area (Å²) in [7, 11) is 0. The third-order valence-corrected chi connectivity index (χ3v) is 5.89. The summed E-state index contributed by atoms with van der Waals surface area (Å²) in [5.41, 5.74) is 3.99. The molecule has 2 N–H and O–H groups in total. The number of nitrogens with zero attached hydrogens (tertiary/aromatic N) is 1. The highest BCUT2D eigenvalue weighted by Gasteiger charge is 2.23. The number of hydrogen-bond donors (Lipinski definition) is 2. The van der Waals surface area contributed by atoms with Crippen molar-refractivity contribution in [3.05, 3.63) is 53.6 Å². The summed E-state index contributed by atoms with van der Waals surface area (Å²) in [5.74, 6) is -0.365. The number of ether oxygens (including phenoxy) is 1. The number of amides is 2. The molecule has 6 heteroatoms. The molecule has 2 fully saturated rings. The topological polar surface area (TPSA) is 70.7 Å². The summed E-state index contributed by atoms with van der Waals surface area (Å²) in [4.78, 5) is 27.9. The molecule has 0 bridgehead atoms. The van der Waals surface area contributed by atoms with E-state index < -0.39 is 0 Å². The zero-order chi connectivity index (χ0) is 20.9. The van der Waals surface area contributed by atoms with E-state index in [2.05, 4.69) is 15.5 Å². The van der Waals surface area contributed by atoms with Gasteiger partial charge in [0.15, 0.2) is 0 Å². The third-order valence-electron chi connectivity index (χ3n) is 5.89. The molecular formula is C24H29N3O3. The van der Waals surface area contributed by atoms with Crippen LogP contribution >= 0.6 is 0 Å². The lowest BCUT2D eigenvalue weighted by molar-refractivity contribution is -0.123. The maximum atomic E-state index is 13.0. The van der Waals surface area contributed by atoms with Gasteiger partial charge < -0.3 is 20.3 Å². The van der Waals surface area contributed by atoms with Gasteiger partial charge >= 0.3 is 0 Å². The van der Waals surface area contributed by atoms with E-state index in [-0.39, 0.29) is 17.7 Å². The van der Waals surface area contributed by atoms with Crippen LogP contribution < -0.4 is 15.5 Å². The molecule has 2 saturated heterocycles. The van der Waals surface area contributed by atoms with E-state index in [4.69, 9.17) is 4.74 Å². The average molecular weight is 408 g/mol. The fourth-order valence-electron chi connectivity index (χ4n) is 4.09. The number of rotatable bonds is 5.